The van der Waals surface area contributed by atoms with Crippen molar-refractivity contribution in [3.8, 4) is 16.9 Å². The SMILES string of the molecule is O=C(CC(NC(=O)c1ccc(OCCCNc2ccccn2)cc1)c1cccc(-c2cccc(F)c2)c1)OC(=O)C(F)(F)F. The van der Waals surface area contributed by atoms with Crippen molar-refractivity contribution in [3.05, 3.63) is 114 Å². The molecule has 44 heavy (non-hydrogen) atoms. The van der Waals surface area contributed by atoms with E-state index < -0.39 is 42.3 Å². The van der Waals surface area contributed by atoms with Gasteiger partial charge in [-0.3, -0.25) is 9.59 Å². The van der Waals surface area contributed by atoms with Crippen LogP contribution in [-0.2, 0) is 14.3 Å². The summed E-state index contributed by atoms with van der Waals surface area (Å²) in [7, 11) is 0. The largest absolute Gasteiger partial charge is 0.494 e. The van der Waals surface area contributed by atoms with Crippen molar-refractivity contribution in [2.24, 2.45) is 0 Å². The zero-order valence-electron chi connectivity index (χ0n) is 23.1. The molecule has 2 N–H and O–H groups in total. The van der Waals surface area contributed by atoms with Gasteiger partial charge in [0.05, 0.1) is 19.1 Å². The molecule has 1 aromatic heterocycles. The van der Waals surface area contributed by atoms with Crippen LogP contribution in [0.15, 0.2) is 97.2 Å². The number of nitrogens with zero attached hydrogens (tertiary/aromatic N) is 1. The van der Waals surface area contributed by atoms with Crippen LogP contribution in [0, 0.1) is 5.82 Å². The molecule has 1 atom stereocenters. The fraction of sp³-hybridized carbons (Fsp3) is 0.188. The molecule has 0 aliphatic carbocycles. The third-order valence-electron chi connectivity index (χ3n) is 6.24. The van der Waals surface area contributed by atoms with Crippen LogP contribution < -0.4 is 15.4 Å². The van der Waals surface area contributed by atoms with Crippen molar-refractivity contribution >= 4 is 23.7 Å². The summed E-state index contributed by atoms with van der Waals surface area (Å²) in [4.78, 5) is 40.8. The van der Waals surface area contributed by atoms with E-state index in [0.29, 0.717) is 42.0 Å². The summed E-state index contributed by atoms with van der Waals surface area (Å²) in [6.45, 7) is 1.03. The molecule has 12 heteroatoms. The Balaban J connectivity index is 1.42. The third-order valence-corrected chi connectivity index (χ3v) is 6.24. The smallest absolute Gasteiger partial charge is 0.491 e. The minimum Gasteiger partial charge on any atom is -0.494 e. The zero-order chi connectivity index (χ0) is 31.5. The molecule has 0 bridgehead atoms. The van der Waals surface area contributed by atoms with Gasteiger partial charge in [0.1, 0.15) is 17.4 Å². The van der Waals surface area contributed by atoms with Gasteiger partial charge >= 0.3 is 18.1 Å². The maximum atomic E-state index is 13.8. The minimum atomic E-state index is -5.37. The highest BCUT2D eigenvalue weighted by Crippen LogP contribution is 2.27. The fourth-order valence-electron chi connectivity index (χ4n) is 4.11. The topological polar surface area (TPSA) is 107 Å². The van der Waals surface area contributed by atoms with Crippen LogP contribution in [0.2, 0.25) is 0 Å². The van der Waals surface area contributed by atoms with Gasteiger partial charge in [0, 0.05) is 18.3 Å². The fourth-order valence-corrected chi connectivity index (χ4v) is 4.11. The average Bonchev–Trinajstić information content (AvgIpc) is 3.01. The molecule has 4 aromatic rings. The first-order valence-corrected chi connectivity index (χ1v) is 13.4. The Labute approximate surface area is 250 Å². The van der Waals surface area contributed by atoms with Gasteiger partial charge in [-0.05, 0) is 77.7 Å². The Hall–Kier alpha value is -5.26. The number of esters is 2. The number of pyridine rings is 1. The summed E-state index contributed by atoms with van der Waals surface area (Å²) in [5.41, 5.74) is 1.52. The number of hydrogen-bond acceptors (Lipinski definition) is 7. The van der Waals surface area contributed by atoms with Crippen LogP contribution in [0.3, 0.4) is 0 Å². The molecule has 4 rings (SSSR count). The Kier molecular flexibility index (Phi) is 10.6. The number of nitrogens with one attached hydrogen (secondary N) is 2. The second kappa shape index (κ2) is 14.8. The maximum absolute atomic E-state index is 13.8. The predicted molar refractivity (Wildman–Crippen MR) is 153 cm³/mol. The summed E-state index contributed by atoms with van der Waals surface area (Å²) in [5.74, 6) is -4.03. The summed E-state index contributed by atoms with van der Waals surface area (Å²) in [6.07, 6.45) is -3.79. The molecule has 3 aromatic carbocycles. The first-order valence-electron chi connectivity index (χ1n) is 13.4. The van der Waals surface area contributed by atoms with Gasteiger partial charge < -0.3 is 20.1 Å². The number of rotatable bonds is 12. The van der Waals surface area contributed by atoms with E-state index in [2.05, 4.69) is 20.4 Å². The number of hydrogen-bond donors (Lipinski definition) is 2. The summed E-state index contributed by atoms with van der Waals surface area (Å²) in [5, 5.41) is 5.78. The molecule has 1 amide bonds. The van der Waals surface area contributed by atoms with E-state index in [9.17, 15) is 31.9 Å². The van der Waals surface area contributed by atoms with Crippen LogP contribution >= 0.6 is 0 Å². The number of ether oxygens (including phenoxy) is 2. The van der Waals surface area contributed by atoms with Gasteiger partial charge in [0.25, 0.3) is 5.91 Å². The maximum Gasteiger partial charge on any atom is 0.491 e. The number of amides is 1. The van der Waals surface area contributed by atoms with E-state index in [1.54, 1.807) is 42.6 Å². The monoisotopic (exact) mass is 609 g/mol. The molecule has 1 heterocycles. The van der Waals surface area contributed by atoms with Gasteiger partial charge in [0.2, 0.25) is 0 Å². The lowest BCUT2D eigenvalue weighted by Gasteiger charge is -2.20. The van der Waals surface area contributed by atoms with Crippen LogP contribution in [-0.4, -0.2) is 42.2 Å². The summed E-state index contributed by atoms with van der Waals surface area (Å²) >= 11 is 0. The van der Waals surface area contributed by atoms with Crippen molar-refractivity contribution in [1.82, 2.24) is 10.3 Å². The van der Waals surface area contributed by atoms with E-state index >= 15 is 0 Å². The van der Waals surface area contributed by atoms with Crippen molar-refractivity contribution in [2.75, 3.05) is 18.5 Å². The molecule has 228 valence electrons. The highest BCUT2D eigenvalue weighted by atomic mass is 19.4. The molecule has 0 spiro atoms. The number of carbonyl (C=O) groups excluding carboxylic acids is 3. The van der Waals surface area contributed by atoms with Gasteiger partial charge in [-0.15, -0.1) is 0 Å². The summed E-state index contributed by atoms with van der Waals surface area (Å²) in [6, 6.07) is 22.5. The van der Waals surface area contributed by atoms with E-state index in [4.69, 9.17) is 4.74 Å². The van der Waals surface area contributed by atoms with E-state index in [-0.39, 0.29) is 5.56 Å². The first-order chi connectivity index (χ1) is 21.1. The zero-order valence-corrected chi connectivity index (χ0v) is 23.1. The summed E-state index contributed by atoms with van der Waals surface area (Å²) < 4.78 is 61.4. The van der Waals surface area contributed by atoms with E-state index in [1.165, 1.54) is 36.4 Å². The molecule has 0 fully saturated rings. The molecule has 0 saturated carbocycles. The van der Waals surface area contributed by atoms with Crippen LogP contribution in [0.1, 0.15) is 34.8 Å². The second-order valence-corrected chi connectivity index (χ2v) is 9.49. The van der Waals surface area contributed by atoms with E-state index in [0.717, 1.165) is 5.82 Å². The van der Waals surface area contributed by atoms with Crippen molar-refractivity contribution < 1.29 is 41.4 Å². The molecule has 0 saturated heterocycles. The van der Waals surface area contributed by atoms with Crippen molar-refractivity contribution in [2.45, 2.75) is 25.1 Å². The number of benzene rings is 3. The van der Waals surface area contributed by atoms with Crippen LogP contribution in [0.4, 0.5) is 23.4 Å². The lowest BCUT2D eigenvalue weighted by Crippen LogP contribution is -2.33. The molecule has 0 radical (unpaired) electrons. The van der Waals surface area contributed by atoms with Gasteiger partial charge in [-0.25, -0.2) is 14.2 Å². The first kappa shape index (κ1) is 31.7. The molecule has 1 unspecified atom stereocenters. The van der Waals surface area contributed by atoms with Crippen molar-refractivity contribution in [3.63, 3.8) is 0 Å². The predicted octanol–water partition coefficient (Wildman–Crippen LogP) is 6.26. The van der Waals surface area contributed by atoms with E-state index in [1.807, 2.05) is 18.2 Å². The standard InChI is InChI=1S/C32H27F4N3O5/c33-25-9-4-7-23(19-25)22-6-3-8-24(18-22)27(20-29(40)44-31(42)32(34,35)36)39-30(41)21-11-13-26(14-12-21)43-17-5-16-38-28-10-1-2-15-37-28/h1-4,6-15,18-19,27H,5,16-17,20H2,(H,37,38)(H,39,41). The number of alkyl halides is 3. The Morgan fingerprint density at radius 1 is 0.864 bits per heavy atom. The highest BCUT2D eigenvalue weighted by molar-refractivity contribution is 5.95. The highest BCUT2D eigenvalue weighted by Gasteiger charge is 2.42. The Bertz CT molecular complexity index is 1580. The number of anilines is 1. The Morgan fingerprint density at radius 3 is 2.27 bits per heavy atom. The van der Waals surface area contributed by atoms with Gasteiger partial charge in [0.15, 0.2) is 0 Å². The van der Waals surface area contributed by atoms with Crippen molar-refractivity contribution in [1.29, 1.82) is 0 Å². The second-order valence-electron chi connectivity index (χ2n) is 9.49. The molecular weight excluding hydrogens is 582 g/mol. The number of aromatic nitrogens is 1. The molecule has 0 aliphatic rings. The lowest BCUT2D eigenvalue weighted by atomic mass is 9.97. The van der Waals surface area contributed by atoms with Crippen LogP contribution in [0.5, 0.6) is 5.75 Å². The molecule has 8 nitrogen and oxygen atoms in total. The average molecular weight is 610 g/mol. The normalized spacial score (nSPS) is 11.7. The quantitative estimate of drug-likeness (QED) is 0.0845. The number of carbonyl (C=O) groups is 3. The number of halogens is 4. The third kappa shape index (κ3) is 9.38. The van der Waals surface area contributed by atoms with Crippen LogP contribution in [0.25, 0.3) is 11.1 Å². The van der Waals surface area contributed by atoms with Gasteiger partial charge in [-0.1, -0.05) is 36.4 Å². The van der Waals surface area contributed by atoms with Gasteiger partial charge in [-0.2, -0.15) is 13.2 Å². The lowest BCUT2D eigenvalue weighted by molar-refractivity contribution is -0.202. The molecular formula is C32H27F4N3O5. The Morgan fingerprint density at radius 2 is 1.59 bits per heavy atom. The minimum absolute atomic E-state index is 0.181. The molecule has 0 aliphatic heterocycles.